The van der Waals surface area contributed by atoms with Gasteiger partial charge >= 0.3 is 0 Å². The number of likely N-dealkylation sites (N-methyl/N-ethyl adjacent to an activating group) is 2. The van der Waals surface area contributed by atoms with Gasteiger partial charge in [0.1, 0.15) is 0 Å². The highest BCUT2D eigenvalue weighted by Gasteiger charge is 2.15. The molecule has 0 spiro atoms. The topological polar surface area (TPSA) is 50.2 Å². The highest BCUT2D eigenvalue weighted by Crippen LogP contribution is 2.26. The van der Waals surface area contributed by atoms with Gasteiger partial charge in [-0.2, -0.15) is 5.10 Å². The number of amides is 1. The fourth-order valence-corrected chi connectivity index (χ4v) is 2.89. The van der Waals surface area contributed by atoms with E-state index in [1.54, 1.807) is 7.05 Å². The zero-order chi connectivity index (χ0) is 18.5. The summed E-state index contributed by atoms with van der Waals surface area (Å²) < 4.78 is 1.87. The highest BCUT2D eigenvalue weighted by atomic mass is 35.5. The number of hydrogen-bond donors (Lipinski definition) is 1. The van der Waals surface area contributed by atoms with Crippen LogP contribution < -0.4 is 5.32 Å². The van der Waals surface area contributed by atoms with E-state index in [1.807, 2.05) is 77.4 Å². The van der Waals surface area contributed by atoms with Gasteiger partial charge in [-0.25, -0.2) is 4.68 Å². The first-order valence-electron chi connectivity index (χ1n) is 8.36. The molecule has 5 nitrogen and oxygen atoms in total. The minimum Gasteiger partial charge on any atom is -0.358 e. The van der Waals surface area contributed by atoms with Crippen molar-refractivity contribution < 1.29 is 4.79 Å². The van der Waals surface area contributed by atoms with Crippen molar-refractivity contribution in [2.75, 3.05) is 20.6 Å². The molecule has 1 aromatic heterocycles. The third-order valence-corrected chi connectivity index (χ3v) is 4.31. The SMILES string of the molecule is CNC(=O)CN(C)Cc1cn(-c2ccccc2)nc1-c1ccc(Cl)cc1. The fourth-order valence-electron chi connectivity index (χ4n) is 2.76. The van der Waals surface area contributed by atoms with Gasteiger partial charge in [-0.05, 0) is 31.3 Å². The van der Waals surface area contributed by atoms with Crippen molar-refractivity contribution >= 4 is 17.5 Å². The van der Waals surface area contributed by atoms with Crippen LogP contribution in [0.5, 0.6) is 0 Å². The summed E-state index contributed by atoms with van der Waals surface area (Å²) >= 11 is 6.02. The van der Waals surface area contributed by atoms with Crippen molar-refractivity contribution in [2.45, 2.75) is 6.54 Å². The number of carbonyl (C=O) groups is 1. The quantitative estimate of drug-likeness (QED) is 0.725. The lowest BCUT2D eigenvalue weighted by molar-refractivity contribution is -0.121. The molecule has 0 saturated heterocycles. The van der Waals surface area contributed by atoms with Crippen LogP contribution in [0.25, 0.3) is 16.9 Å². The van der Waals surface area contributed by atoms with Crippen molar-refractivity contribution in [1.82, 2.24) is 20.0 Å². The number of rotatable bonds is 6. The number of halogens is 1. The maximum atomic E-state index is 11.6. The Hall–Kier alpha value is -2.63. The van der Waals surface area contributed by atoms with Crippen LogP contribution in [0.2, 0.25) is 5.02 Å². The number of carbonyl (C=O) groups excluding carboxylic acids is 1. The molecule has 3 rings (SSSR count). The third-order valence-electron chi connectivity index (χ3n) is 4.06. The van der Waals surface area contributed by atoms with Crippen LogP contribution >= 0.6 is 11.6 Å². The average molecular weight is 369 g/mol. The Bertz CT molecular complexity index is 875. The first-order chi connectivity index (χ1) is 12.6. The summed E-state index contributed by atoms with van der Waals surface area (Å²) in [6.07, 6.45) is 2.01. The largest absolute Gasteiger partial charge is 0.358 e. The van der Waals surface area contributed by atoms with E-state index in [2.05, 4.69) is 5.32 Å². The Balaban J connectivity index is 1.96. The van der Waals surface area contributed by atoms with Crippen LogP contribution in [-0.2, 0) is 11.3 Å². The molecular weight excluding hydrogens is 348 g/mol. The van der Waals surface area contributed by atoms with E-state index in [-0.39, 0.29) is 5.91 Å². The zero-order valence-corrected chi connectivity index (χ0v) is 15.6. The minimum absolute atomic E-state index is 0.0176. The van der Waals surface area contributed by atoms with Crippen molar-refractivity contribution in [3.63, 3.8) is 0 Å². The first-order valence-corrected chi connectivity index (χ1v) is 8.73. The Morgan fingerprint density at radius 2 is 1.85 bits per heavy atom. The lowest BCUT2D eigenvalue weighted by Crippen LogP contribution is -2.32. The predicted octanol–water partition coefficient (Wildman–Crippen LogP) is 3.37. The molecule has 6 heteroatoms. The normalized spacial score (nSPS) is 10.9. The summed E-state index contributed by atoms with van der Waals surface area (Å²) in [7, 11) is 3.56. The summed E-state index contributed by atoms with van der Waals surface area (Å²) in [4.78, 5) is 13.6. The molecule has 1 heterocycles. The number of para-hydroxylation sites is 1. The van der Waals surface area contributed by atoms with Gasteiger partial charge in [-0.1, -0.05) is 41.9 Å². The average Bonchev–Trinajstić information content (AvgIpc) is 3.06. The summed E-state index contributed by atoms with van der Waals surface area (Å²) in [5.74, 6) is -0.0176. The van der Waals surface area contributed by atoms with E-state index >= 15 is 0 Å². The van der Waals surface area contributed by atoms with Gasteiger partial charge in [0.25, 0.3) is 0 Å². The molecular formula is C20H21ClN4O. The van der Waals surface area contributed by atoms with Crippen molar-refractivity contribution in [1.29, 1.82) is 0 Å². The van der Waals surface area contributed by atoms with Gasteiger partial charge in [0.15, 0.2) is 0 Å². The maximum absolute atomic E-state index is 11.6. The van der Waals surface area contributed by atoms with E-state index < -0.39 is 0 Å². The molecule has 0 fully saturated rings. The number of hydrogen-bond acceptors (Lipinski definition) is 3. The molecule has 1 N–H and O–H groups in total. The maximum Gasteiger partial charge on any atom is 0.233 e. The summed E-state index contributed by atoms with van der Waals surface area (Å²) in [6.45, 7) is 0.936. The number of aromatic nitrogens is 2. The molecule has 0 atom stereocenters. The van der Waals surface area contributed by atoms with E-state index in [9.17, 15) is 4.79 Å². The van der Waals surface area contributed by atoms with E-state index in [0.29, 0.717) is 18.1 Å². The van der Waals surface area contributed by atoms with Gasteiger partial charge in [0.2, 0.25) is 5.91 Å². The molecule has 0 saturated carbocycles. The zero-order valence-electron chi connectivity index (χ0n) is 14.8. The van der Waals surface area contributed by atoms with Crippen LogP contribution in [0, 0.1) is 0 Å². The Kier molecular flexibility index (Phi) is 5.71. The molecule has 1 amide bonds. The third kappa shape index (κ3) is 4.31. The van der Waals surface area contributed by atoms with Crippen LogP contribution in [0.4, 0.5) is 0 Å². The molecule has 2 aromatic carbocycles. The summed E-state index contributed by atoms with van der Waals surface area (Å²) in [6, 6.07) is 17.6. The van der Waals surface area contributed by atoms with Crippen LogP contribution in [0.15, 0.2) is 60.8 Å². The second kappa shape index (κ2) is 8.17. The van der Waals surface area contributed by atoms with Crippen LogP contribution in [0.3, 0.4) is 0 Å². The van der Waals surface area contributed by atoms with Gasteiger partial charge in [0.05, 0.1) is 17.9 Å². The number of nitrogens with zero attached hydrogens (tertiary/aromatic N) is 3. The lowest BCUT2D eigenvalue weighted by Gasteiger charge is -2.15. The molecule has 0 aliphatic heterocycles. The smallest absolute Gasteiger partial charge is 0.233 e. The van der Waals surface area contributed by atoms with E-state index in [4.69, 9.17) is 16.7 Å². The first kappa shape index (κ1) is 18.2. The minimum atomic E-state index is -0.0176. The van der Waals surface area contributed by atoms with Crippen molar-refractivity contribution in [3.05, 3.63) is 71.4 Å². The van der Waals surface area contributed by atoms with Crippen LogP contribution in [0.1, 0.15) is 5.56 Å². The molecule has 26 heavy (non-hydrogen) atoms. The van der Waals surface area contributed by atoms with Gasteiger partial charge in [0, 0.05) is 35.9 Å². The molecule has 0 radical (unpaired) electrons. The molecule has 134 valence electrons. The molecule has 0 aliphatic carbocycles. The monoisotopic (exact) mass is 368 g/mol. The Morgan fingerprint density at radius 1 is 1.15 bits per heavy atom. The van der Waals surface area contributed by atoms with Crippen LogP contribution in [-0.4, -0.2) is 41.2 Å². The standard InChI is InChI=1S/C20H21ClN4O/c1-22-19(26)14-24(2)12-16-13-25(18-6-4-3-5-7-18)23-20(16)15-8-10-17(21)11-9-15/h3-11,13H,12,14H2,1-2H3,(H,22,26). The molecule has 3 aromatic rings. The highest BCUT2D eigenvalue weighted by molar-refractivity contribution is 6.30. The van der Waals surface area contributed by atoms with E-state index in [0.717, 1.165) is 22.5 Å². The van der Waals surface area contributed by atoms with Crippen molar-refractivity contribution in [2.24, 2.45) is 0 Å². The molecule has 0 unspecified atom stereocenters. The molecule has 0 bridgehead atoms. The summed E-state index contributed by atoms with van der Waals surface area (Å²) in [5, 5.41) is 8.12. The lowest BCUT2D eigenvalue weighted by atomic mass is 10.1. The predicted molar refractivity (Wildman–Crippen MR) is 104 cm³/mol. The van der Waals surface area contributed by atoms with Gasteiger partial charge in [-0.3, -0.25) is 9.69 Å². The van der Waals surface area contributed by atoms with Gasteiger partial charge in [-0.15, -0.1) is 0 Å². The fraction of sp³-hybridized carbons (Fsp3) is 0.200. The van der Waals surface area contributed by atoms with Gasteiger partial charge < -0.3 is 5.32 Å². The van der Waals surface area contributed by atoms with E-state index in [1.165, 1.54) is 0 Å². The second-order valence-corrected chi connectivity index (χ2v) is 6.57. The second-order valence-electron chi connectivity index (χ2n) is 6.14. The number of benzene rings is 2. The van der Waals surface area contributed by atoms with Crippen molar-refractivity contribution in [3.8, 4) is 16.9 Å². The Morgan fingerprint density at radius 3 is 2.50 bits per heavy atom. The summed E-state index contributed by atoms with van der Waals surface area (Å²) in [5.41, 5.74) is 3.91. The Labute approximate surface area is 158 Å². The molecule has 0 aliphatic rings. The number of nitrogens with one attached hydrogen (secondary N) is 1.